The number of carbonyl (C=O) groups excluding carboxylic acids is 1. The molecule has 0 unspecified atom stereocenters. The number of ether oxygens (including phenoxy) is 2. The highest BCUT2D eigenvalue weighted by atomic mass is 32.2. The second-order valence-corrected chi connectivity index (χ2v) is 7.28. The molecule has 0 atom stereocenters. The standard InChI is InChI=1S/C18H23N3O3S/c1-13(2)21(11-14-9-19-20(3)10-14)18(22)12-25-15-4-5-16-17(8-15)24-7-6-23-16/h4-5,8-10,13H,6-7,11-12H2,1-3H3. The minimum absolute atomic E-state index is 0.110. The molecule has 7 heteroatoms. The van der Waals surface area contributed by atoms with Gasteiger partial charge in [0.25, 0.3) is 0 Å². The number of benzene rings is 1. The van der Waals surface area contributed by atoms with E-state index in [1.54, 1.807) is 10.9 Å². The van der Waals surface area contributed by atoms with Gasteiger partial charge in [-0.1, -0.05) is 0 Å². The van der Waals surface area contributed by atoms with E-state index >= 15 is 0 Å². The molecule has 1 aromatic heterocycles. The van der Waals surface area contributed by atoms with Gasteiger partial charge in [0, 0.05) is 36.3 Å². The summed E-state index contributed by atoms with van der Waals surface area (Å²) in [4.78, 5) is 15.6. The number of fused-ring (bicyclic) bond motifs is 1. The Labute approximate surface area is 152 Å². The van der Waals surface area contributed by atoms with Crippen molar-refractivity contribution in [2.75, 3.05) is 19.0 Å². The zero-order chi connectivity index (χ0) is 17.8. The van der Waals surface area contributed by atoms with Crippen molar-refractivity contribution in [1.82, 2.24) is 14.7 Å². The average Bonchev–Trinajstić information content (AvgIpc) is 3.02. The molecule has 0 radical (unpaired) electrons. The van der Waals surface area contributed by atoms with Gasteiger partial charge in [-0.2, -0.15) is 5.10 Å². The fraction of sp³-hybridized carbons (Fsp3) is 0.444. The summed E-state index contributed by atoms with van der Waals surface area (Å²) < 4.78 is 12.9. The fourth-order valence-corrected chi connectivity index (χ4v) is 3.46. The molecule has 6 nitrogen and oxygen atoms in total. The molecular formula is C18H23N3O3S. The van der Waals surface area contributed by atoms with Crippen LogP contribution in [0.25, 0.3) is 0 Å². The third-order valence-corrected chi connectivity index (χ3v) is 4.91. The number of carbonyl (C=O) groups is 1. The summed E-state index contributed by atoms with van der Waals surface area (Å²) >= 11 is 1.52. The lowest BCUT2D eigenvalue weighted by atomic mass is 10.2. The van der Waals surface area contributed by atoms with Gasteiger partial charge in [0.2, 0.25) is 5.91 Å². The first-order valence-corrected chi connectivity index (χ1v) is 9.31. The van der Waals surface area contributed by atoms with Crippen molar-refractivity contribution in [2.45, 2.75) is 31.3 Å². The molecule has 0 N–H and O–H groups in total. The summed E-state index contributed by atoms with van der Waals surface area (Å²) in [6.07, 6.45) is 3.74. The molecular weight excluding hydrogens is 338 g/mol. The number of thioether (sulfide) groups is 1. The first-order valence-electron chi connectivity index (χ1n) is 8.32. The molecule has 0 fully saturated rings. The molecule has 134 valence electrons. The molecule has 0 saturated carbocycles. The van der Waals surface area contributed by atoms with Crippen molar-refractivity contribution in [2.24, 2.45) is 7.05 Å². The Bertz CT molecular complexity index is 745. The summed E-state index contributed by atoms with van der Waals surface area (Å²) in [5, 5.41) is 4.17. The van der Waals surface area contributed by atoms with Crippen LogP contribution in [0, 0.1) is 0 Å². The van der Waals surface area contributed by atoms with E-state index in [4.69, 9.17) is 9.47 Å². The molecule has 3 rings (SSSR count). The highest BCUT2D eigenvalue weighted by Crippen LogP contribution is 2.34. The Hall–Kier alpha value is -2.15. The van der Waals surface area contributed by atoms with Crippen LogP contribution in [0.15, 0.2) is 35.5 Å². The molecule has 25 heavy (non-hydrogen) atoms. The largest absolute Gasteiger partial charge is 0.486 e. The third-order valence-electron chi connectivity index (χ3n) is 3.93. The third kappa shape index (κ3) is 4.48. The Morgan fingerprint density at radius 2 is 2.08 bits per heavy atom. The number of aromatic nitrogens is 2. The van der Waals surface area contributed by atoms with Crippen LogP contribution in [-0.2, 0) is 18.4 Å². The first-order chi connectivity index (χ1) is 12.0. The molecule has 0 saturated heterocycles. The predicted octanol–water partition coefficient (Wildman–Crippen LogP) is 2.72. The molecule has 1 aromatic carbocycles. The summed E-state index contributed by atoms with van der Waals surface area (Å²) in [5.74, 6) is 2.01. The Morgan fingerprint density at radius 1 is 1.32 bits per heavy atom. The first kappa shape index (κ1) is 17.7. The summed E-state index contributed by atoms with van der Waals surface area (Å²) in [6.45, 7) is 5.78. The van der Waals surface area contributed by atoms with Gasteiger partial charge >= 0.3 is 0 Å². The van der Waals surface area contributed by atoms with Crippen molar-refractivity contribution in [3.05, 3.63) is 36.2 Å². The molecule has 0 spiro atoms. The number of hydrogen-bond acceptors (Lipinski definition) is 5. The SMILES string of the molecule is CC(C)N(Cc1cnn(C)c1)C(=O)CSc1ccc2c(c1)OCCO2. The maximum atomic E-state index is 12.7. The van der Waals surface area contributed by atoms with E-state index in [9.17, 15) is 4.79 Å². The maximum Gasteiger partial charge on any atom is 0.233 e. The van der Waals surface area contributed by atoms with Gasteiger partial charge in [-0.05, 0) is 32.0 Å². The molecule has 0 bridgehead atoms. The van der Waals surface area contributed by atoms with Crippen LogP contribution in [0.2, 0.25) is 0 Å². The van der Waals surface area contributed by atoms with Crippen molar-refractivity contribution in [3.63, 3.8) is 0 Å². The Morgan fingerprint density at radius 3 is 2.76 bits per heavy atom. The van der Waals surface area contributed by atoms with E-state index in [0.717, 1.165) is 22.0 Å². The molecule has 2 aromatic rings. The van der Waals surface area contributed by atoms with E-state index in [0.29, 0.717) is 25.5 Å². The fourth-order valence-electron chi connectivity index (χ4n) is 2.65. The van der Waals surface area contributed by atoms with Gasteiger partial charge in [-0.25, -0.2) is 0 Å². The minimum Gasteiger partial charge on any atom is -0.486 e. The van der Waals surface area contributed by atoms with E-state index in [1.165, 1.54) is 11.8 Å². The lowest BCUT2D eigenvalue weighted by Gasteiger charge is -2.26. The second-order valence-electron chi connectivity index (χ2n) is 6.23. The van der Waals surface area contributed by atoms with Gasteiger partial charge in [0.05, 0.1) is 11.9 Å². The molecule has 0 aliphatic carbocycles. The quantitative estimate of drug-likeness (QED) is 0.741. The Kier molecular flexibility index (Phi) is 5.53. The van der Waals surface area contributed by atoms with Gasteiger partial charge < -0.3 is 14.4 Å². The van der Waals surface area contributed by atoms with Crippen molar-refractivity contribution in [3.8, 4) is 11.5 Å². The number of amides is 1. The van der Waals surface area contributed by atoms with Crippen LogP contribution in [0.4, 0.5) is 0 Å². The summed E-state index contributed by atoms with van der Waals surface area (Å²) in [7, 11) is 1.88. The van der Waals surface area contributed by atoms with Crippen LogP contribution >= 0.6 is 11.8 Å². The second kappa shape index (κ2) is 7.82. The number of hydrogen-bond donors (Lipinski definition) is 0. The van der Waals surface area contributed by atoms with Crippen LogP contribution in [0.1, 0.15) is 19.4 Å². The highest BCUT2D eigenvalue weighted by molar-refractivity contribution is 8.00. The molecule has 1 aliphatic heterocycles. The van der Waals surface area contributed by atoms with E-state index in [2.05, 4.69) is 5.10 Å². The van der Waals surface area contributed by atoms with Gasteiger partial charge in [-0.15, -0.1) is 11.8 Å². The maximum absolute atomic E-state index is 12.7. The van der Waals surface area contributed by atoms with Crippen LogP contribution in [-0.4, -0.2) is 45.6 Å². The normalized spacial score (nSPS) is 13.1. The minimum atomic E-state index is 0.110. The smallest absolute Gasteiger partial charge is 0.233 e. The summed E-state index contributed by atoms with van der Waals surface area (Å²) in [6, 6.07) is 5.94. The zero-order valence-electron chi connectivity index (χ0n) is 14.8. The number of aryl methyl sites for hydroxylation is 1. The highest BCUT2D eigenvalue weighted by Gasteiger charge is 2.19. The lowest BCUT2D eigenvalue weighted by Crippen LogP contribution is -2.37. The van der Waals surface area contributed by atoms with Crippen molar-refractivity contribution < 1.29 is 14.3 Å². The number of nitrogens with zero attached hydrogens (tertiary/aromatic N) is 3. The molecule has 1 aliphatic rings. The molecule has 2 heterocycles. The van der Waals surface area contributed by atoms with Crippen LogP contribution < -0.4 is 9.47 Å². The van der Waals surface area contributed by atoms with Crippen molar-refractivity contribution in [1.29, 1.82) is 0 Å². The molecule has 1 amide bonds. The van der Waals surface area contributed by atoms with Crippen LogP contribution in [0.3, 0.4) is 0 Å². The Balaban J connectivity index is 1.61. The van der Waals surface area contributed by atoms with Gasteiger partial charge in [0.15, 0.2) is 11.5 Å². The average molecular weight is 361 g/mol. The zero-order valence-corrected chi connectivity index (χ0v) is 15.6. The van der Waals surface area contributed by atoms with E-state index < -0.39 is 0 Å². The van der Waals surface area contributed by atoms with E-state index in [1.807, 2.05) is 50.2 Å². The van der Waals surface area contributed by atoms with Gasteiger partial charge in [-0.3, -0.25) is 9.48 Å². The summed E-state index contributed by atoms with van der Waals surface area (Å²) in [5.41, 5.74) is 1.04. The van der Waals surface area contributed by atoms with Gasteiger partial charge in [0.1, 0.15) is 13.2 Å². The van der Waals surface area contributed by atoms with Crippen molar-refractivity contribution >= 4 is 17.7 Å². The number of rotatable bonds is 6. The van der Waals surface area contributed by atoms with Crippen LogP contribution in [0.5, 0.6) is 11.5 Å². The predicted molar refractivity (Wildman–Crippen MR) is 97.1 cm³/mol. The topological polar surface area (TPSA) is 56.6 Å². The lowest BCUT2D eigenvalue weighted by molar-refractivity contribution is -0.130. The monoisotopic (exact) mass is 361 g/mol. The van der Waals surface area contributed by atoms with E-state index in [-0.39, 0.29) is 11.9 Å².